The number of nitrogens with one attached hydrogen (secondary N) is 1. The van der Waals surface area contributed by atoms with Crippen LogP contribution < -0.4 is 5.32 Å². The Hall–Kier alpha value is -3.67. The summed E-state index contributed by atoms with van der Waals surface area (Å²) in [5.74, 6) is -0.642. The van der Waals surface area contributed by atoms with Gasteiger partial charge >= 0.3 is 6.18 Å². The molecular weight excluding hydrogens is 468 g/mol. The molecule has 3 heterocycles. The monoisotopic (exact) mass is 490 g/mol. The van der Waals surface area contributed by atoms with E-state index >= 15 is 0 Å². The highest BCUT2D eigenvalue weighted by Crippen LogP contribution is 2.28. The number of halogens is 4. The van der Waals surface area contributed by atoms with Crippen molar-refractivity contribution in [1.29, 1.82) is 0 Å². The molecule has 184 valence electrons. The number of nitrogens with zero attached hydrogens (tertiary/aromatic N) is 5. The third kappa shape index (κ3) is 5.53. The SMILES string of the molecule is C[C@@H]1CN(C(=O)c2cc(F)ccc2-c2ncccn2)[C@H](CNc2cnc(C(F)(F)F)cn2)[C@H](C)O1. The first-order chi connectivity index (χ1) is 16.6. The van der Waals surface area contributed by atoms with E-state index in [1.165, 1.54) is 24.5 Å². The van der Waals surface area contributed by atoms with E-state index in [0.29, 0.717) is 11.8 Å². The Kier molecular flexibility index (Phi) is 6.92. The Morgan fingerprint density at radius 3 is 2.54 bits per heavy atom. The molecule has 0 unspecified atom stereocenters. The van der Waals surface area contributed by atoms with E-state index in [1.807, 2.05) is 6.92 Å². The fourth-order valence-corrected chi connectivity index (χ4v) is 3.93. The Balaban J connectivity index is 1.60. The summed E-state index contributed by atoms with van der Waals surface area (Å²) in [6, 6.07) is 4.93. The number of ether oxygens (including phenoxy) is 1. The lowest BCUT2D eigenvalue weighted by molar-refractivity contribution is -0.141. The second-order valence-corrected chi connectivity index (χ2v) is 8.10. The molecule has 1 amide bonds. The largest absolute Gasteiger partial charge is 0.434 e. The molecule has 1 fully saturated rings. The predicted octanol–water partition coefficient (Wildman–Crippen LogP) is 3.82. The summed E-state index contributed by atoms with van der Waals surface area (Å²) in [5, 5.41) is 2.92. The topological polar surface area (TPSA) is 93.1 Å². The Morgan fingerprint density at radius 1 is 1.14 bits per heavy atom. The van der Waals surface area contributed by atoms with Crippen LogP contribution in [-0.2, 0) is 10.9 Å². The second-order valence-electron chi connectivity index (χ2n) is 8.10. The van der Waals surface area contributed by atoms with Crippen LogP contribution in [0.3, 0.4) is 0 Å². The summed E-state index contributed by atoms with van der Waals surface area (Å²) in [4.78, 5) is 30.7. The van der Waals surface area contributed by atoms with Gasteiger partial charge in [0.2, 0.25) is 0 Å². The van der Waals surface area contributed by atoms with Gasteiger partial charge in [0, 0.05) is 31.0 Å². The summed E-state index contributed by atoms with van der Waals surface area (Å²) in [6.45, 7) is 3.94. The van der Waals surface area contributed by atoms with Crippen molar-refractivity contribution in [3.63, 3.8) is 0 Å². The van der Waals surface area contributed by atoms with Gasteiger partial charge < -0.3 is 15.0 Å². The predicted molar refractivity (Wildman–Crippen MR) is 118 cm³/mol. The van der Waals surface area contributed by atoms with E-state index in [9.17, 15) is 22.4 Å². The van der Waals surface area contributed by atoms with Crippen LogP contribution in [0.25, 0.3) is 11.4 Å². The third-order valence-corrected chi connectivity index (χ3v) is 5.56. The van der Waals surface area contributed by atoms with Crippen LogP contribution in [0.1, 0.15) is 29.9 Å². The van der Waals surface area contributed by atoms with Gasteiger partial charge in [0.25, 0.3) is 5.91 Å². The van der Waals surface area contributed by atoms with Crippen molar-refractivity contribution >= 4 is 11.7 Å². The molecule has 0 radical (unpaired) electrons. The maximum absolute atomic E-state index is 14.2. The van der Waals surface area contributed by atoms with Gasteiger partial charge in [-0.3, -0.25) is 4.79 Å². The number of rotatable bonds is 5. The van der Waals surface area contributed by atoms with Crippen LogP contribution in [0.2, 0.25) is 0 Å². The van der Waals surface area contributed by atoms with Crippen LogP contribution in [-0.4, -0.2) is 62.1 Å². The van der Waals surface area contributed by atoms with E-state index < -0.39 is 35.7 Å². The molecular formula is C23H22F4N6O2. The molecule has 1 aliphatic rings. The maximum atomic E-state index is 14.2. The Bertz CT molecular complexity index is 1180. The van der Waals surface area contributed by atoms with Crippen LogP contribution in [0.5, 0.6) is 0 Å². The minimum absolute atomic E-state index is 0.0943. The van der Waals surface area contributed by atoms with Crippen LogP contribution in [0.4, 0.5) is 23.4 Å². The molecule has 0 spiro atoms. The second kappa shape index (κ2) is 9.90. The molecule has 8 nitrogen and oxygen atoms in total. The summed E-state index contributed by atoms with van der Waals surface area (Å²) >= 11 is 0. The van der Waals surface area contributed by atoms with Crippen LogP contribution >= 0.6 is 0 Å². The number of alkyl halides is 3. The molecule has 0 saturated carbocycles. The number of anilines is 1. The molecule has 0 aliphatic carbocycles. The van der Waals surface area contributed by atoms with Crippen LogP contribution in [0.15, 0.2) is 49.1 Å². The molecule has 3 aromatic rings. The third-order valence-electron chi connectivity index (χ3n) is 5.56. The summed E-state index contributed by atoms with van der Waals surface area (Å²) in [5.41, 5.74) is -0.634. The van der Waals surface area contributed by atoms with E-state index in [1.54, 1.807) is 17.9 Å². The van der Waals surface area contributed by atoms with Crippen molar-refractivity contribution in [1.82, 2.24) is 24.8 Å². The van der Waals surface area contributed by atoms with Gasteiger partial charge in [0.1, 0.15) is 11.6 Å². The quantitative estimate of drug-likeness (QED) is 0.544. The fourth-order valence-electron chi connectivity index (χ4n) is 3.93. The molecule has 35 heavy (non-hydrogen) atoms. The van der Waals surface area contributed by atoms with Crippen molar-refractivity contribution in [3.8, 4) is 11.4 Å². The zero-order chi connectivity index (χ0) is 25.2. The van der Waals surface area contributed by atoms with E-state index in [4.69, 9.17) is 4.74 Å². The number of aromatic nitrogens is 4. The number of carbonyl (C=O) groups is 1. The van der Waals surface area contributed by atoms with Gasteiger partial charge in [0.15, 0.2) is 11.5 Å². The number of hydrogen-bond acceptors (Lipinski definition) is 7. The lowest BCUT2D eigenvalue weighted by Gasteiger charge is -2.43. The van der Waals surface area contributed by atoms with Gasteiger partial charge in [-0.05, 0) is 38.1 Å². The molecule has 1 aliphatic heterocycles. The number of amides is 1. The Morgan fingerprint density at radius 2 is 1.89 bits per heavy atom. The van der Waals surface area contributed by atoms with E-state index in [2.05, 4.69) is 25.3 Å². The molecule has 12 heteroatoms. The number of benzene rings is 1. The summed E-state index contributed by atoms with van der Waals surface area (Å²) < 4.78 is 58.3. The first-order valence-corrected chi connectivity index (χ1v) is 10.8. The summed E-state index contributed by atoms with van der Waals surface area (Å²) in [6.07, 6.45) is -0.658. The first kappa shape index (κ1) is 24.5. The highest BCUT2D eigenvalue weighted by atomic mass is 19.4. The van der Waals surface area contributed by atoms with Crippen molar-refractivity contribution in [3.05, 3.63) is 66.1 Å². The molecule has 0 bridgehead atoms. The normalized spacial score (nSPS) is 20.5. The summed E-state index contributed by atoms with van der Waals surface area (Å²) in [7, 11) is 0. The standard InChI is InChI=1S/C23H22F4N6O2/c1-13-12-33(22(34)17-8-15(24)4-5-16(17)21-28-6-3-7-29-21)18(14(2)35-13)9-31-20-11-30-19(10-32-20)23(25,26)27/h3-8,10-11,13-14,18H,9,12H2,1-2H3,(H,31,32)/t13-,14+,18-/m1/s1. The lowest BCUT2D eigenvalue weighted by Crippen LogP contribution is -2.58. The van der Waals surface area contributed by atoms with Crippen molar-refractivity contribution in [2.24, 2.45) is 0 Å². The van der Waals surface area contributed by atoms with Gasteiger partial charge in [-0.1, -0.05) is 0 Å². The lowest BCUT2D eigenvalue weighted by atomic mass is 10.0. The highest BCUT2D eigenvalue weighted by molar-refractivity contribution is 6.00. The number of morpholine rings is 1. The average molecular weight is 490 g/mol. The zero-order valence-electron chi connectivity index (χ0n) is 18.8. The minimum Gasteiger partial charge on any atom is -0.372 e. The first-order valence-electron chi connectivity index (χ1n) is 10.8. The van der Waals surface area contributed by atoms with Crippen LogP contribution in [0, 0.1) is 5.82 Å². The smallest absolute Gasteiger partial charge is 0.372 e. The molecule has 1 aromatic carbocycles. The zero-order valence-corrected chi connectivity index (χ0v) is 18.8. The Labute approximate surface area is 198 Å². The van der Waals surface area contributed by atoms with Crippen molar-refractivity contribution in [2.75, 3.05) is 18.4 Å². The number of carbonyl (C=O) groups excluding carboxylic acids is 1. The van der Waals surface area contributed by atoms with Gasteiger partial charge in [-0.2, -0.15) is 13.2 Å². The molecule has 1 N–H and O–H groups in total. The maximum Gasteiger partial charge on any atom is 0.434 e. The minimum atomic E-state index is -4.60. The van der Waals surface area contributed by atoms with Gasteiger partial charge in [-0.25, -0.2) is 24.3 Å². The fraction of sp³-hybridized carbons (Fsp3) is 0.348. The van der Waals surface area contributed by atoms with Gasteiger partial charge in [0.05, 0.1) is 36.2 Å². The molecule has 4 rings (SSSR count). The average Bonchev–Trinajstić information content (AvgIpc) is 2.83. The number of hydrogen-bond donors (Lipinski definition) is 1. The van der Waals surface area contributed by atoms with Crippen molar-refractivity contribution < 1.29 is 27.1 Å². The molecule has 2 aromatic heterocycles. The van der Waals surface area contributed by atoms with Gasteiger partial charge in [-0.15, -0.1) is 0 Å². The molecule has 1 saturated heterocycles. The van der Waals surface area contributed by atoms with E-state index in [0.717, 1.165) is 12.3 Å². The van der Waals surface area contributed by atoms with E-state index in [-0.39, 0.29) is 36.4 Å². The highest BCUT2D eigenvalue weighted by Gasteiger charge is 2.37. The van der Waals surface area contributed by atoms with Crippen molar-refractivity contribution in [2.45, 2.75) is 38.3 Å². The molecule has 3 atom stereocenters.